The molecule has 0 saturated heterocycles. The van der Waals surface area contributed by atoms with Crippen molar-refractivity contribution in [2.75, 3.05) is 27.2 Å². The van der Waals surface area contributed by atoms with Gasteiger partial charge in [0.1, 0.15) is 0 Å². The Hall–Kier alpha value is -0.500. The van der Waals surface area contributed by atoms with E-state index in [9.17, 15) is 9.00 Å². The van der Waals surface area contributed by atoms with Crippen LogP contribution in [-0.4, -0.2) is 51.3 Å². The maximum Gasteiger partial charge on any atom is 0.248 e. The summed E-state index contributed by atoms with van der Waals surface area (Å²) in [6.45, 7) is 2.05. The number of hydrogen-bond acceptors (Lipinski definition) is 3. The Morgan fingerprint density at radius 3 is 2.38 bits per heavy atom. The fraction of sp³-hybridized carbons (Fsp3) is 0.833. The summed E-state index contributed by atoms with van der Waals surface area (Å²) in [7, 11) is 3.31. The average molecular weight is 209 g/mol. The second kappa shape index (κ2) is 6.03. The molecule has 1 unspecified atom stereocenters. The first-order chi connectivity index (χ1) is 5.95. The van der Waals surface area contributed by atoms with Gasteiger partial charge in [-0.25, -0.2) is 9.22 Å². The highest BCUT2D eigenvalue weighted by Crippen LogP contribution is 1.93. The van der Waals surface area contributed by atoms with E-state index in [1.165, 1.54) is 16.3 Å². The van der Waals surface area contributed by atoms with Crippen molar-refractivity contribution in [1.82, 2.24) is 14.7 Å². The van der Waals surface area contributed by atoms with E-state index in [0.29, 0.717) is 13.1 Å². The molecule has 7 heteroatoms. The molecule has 0 heterocycles. The van der Waals surface area contributed by atoms with E-state index in [1.54, 1.807) is 14.1 Å². The fourth-order valence-electron chi connectivity index (χ4n) is 0.745. The molecule has 13 heavy (non-hydrogen) atoms. The van der Waals surface area contributed by atoms with Crippen LogP contribution in [0.4, 0.5) is 0 Å². The van der Waals surface area contributed by atoms with Gasteiger partial charge in [0.2, 0.25) is 17.2 Å². The Kier molecular flexibility index (Phi) is 5.80. The molecular weight excluding hydrogens is 194 g/mol. The van der Waals surface area contributed by atoms with Gasteiger partial charge in [-0.3, -0.25) is 9.35 Å². The van der Waals surface area contributed by atoms with Gasteiger partial charge in [0.15, 0.2) is 0 Å². The van der Waals surface area contributed by atoms with Crippen LogP contribution in [0.15, 0.2) is 0 Å². The lowest BCUT2D eigenvalue weighted by Gasteiger charge is -2.23. The molecule has 0 spiro atoms. The van der Waals surface area contributed by atoms with Gasteiger partial charge in [-0.2, -0.15) is 0 Å². The third-order valence-electron chi connectivity index (χ3n) is 1.30. The molecule has 0 aliphatic rings. The van der Waals surface area contributed by atoms with Crippen molar-refractivity contribution in [2.45, 2.75) is 6.92 Å². The van der Waals surface area contributed by atoms with Gasteiger partial charge in [-0.05, 0) is 0 Å². The molecule has 0 saturated carbocycles. The van der Waals surface area contributed by atoms with Crippen LogP contribution < -0.4 is 5.32 Å². The monoisotopic (exact) mass is 209 g/mol. The van der Waals surface area contributed by atoms with Crippen molar-refractivity contribution in [3.8, 4) is 0 Å². The van der Waals surface area contributed by atoms with E-state index < -0.39 is 11.3 Å². The second-order valence-corrected chi connectivity index (χ2v) is 3.52. The zero-order valence-electron chi connectivity index (χ0n) is 7.98. The summed E-state index contributed by atoms with van der Waals surface area (Å²) in [5, 5.41) is 4.03. The number of nitrogens with zero attached hydrogens (tertiary/aromatic N) is 2. The minimum atomic E-state index is -2.04. The van der Waals surface area contributed by atoms with E-state index in [-0.39, 0.29) is 5.91 Å². The van der Waals surface area contributed by atoms with Crippen molar-refractivity contribution in [2.24, 2.45) is 0 Å². The van der Waals surface area contributed by atoms with Gasteiger partial charge < -0.3 is 5.32 Å². The first-order valence-electron chi connectivity index (χ1n) is 3.75. The number of hydrazine groups is 1. The Morgan fingerprint density at radius 2 is 2.08 bits per heavy atom. The lowest BCUT2D eigenvalue weighted by molar-refractivity contribution is -0.119. The Morgan fingerprint density at radius 1 is 1.54 bits per heavy atom. The molecule has 1 amide bonds. The maximum atomic E-state index is 10.7. The fourth-order valence-corrected chi connectivity index (χ4v) is 1.27. The summed E-state index contributed by atoms with van der Waals surface area (Å²) in [5.74, 6) is -0.151. The van der Waals surface area contributed by atoms with Crippen molar-refractivity contribution >= 4 is 17.2 Å². The zero-order valence-corrected chi connectivity index (χ0v) is 8.80. The van der Waals surface area contributed by atoms with Gasteiger partial charge in [0.05, 0.1) is 0 Å². The largest absolute Gasteiger partial charge is 0.355 e. The Balaban J connectivity index is 3.84. The highest BCUT2D eigenvalue weighted by molar-refractivity contribution is 7.76. The smallest absolute Gasteiger partial charge is 0.248 e. The molecule has 0 radical (unpaired) electrons. The summed E-state index contributed by atoms with van der Waals surface area (Å²) in [4.78, 5) is 10.5. The number of hydrogen-bond donors (Lipinski definition) is 2. The van der Waals surface area contributed by atoms with E-state index in [1.807, 2.05) is 0 Å². The molecule has 0 rings (SSSR count). The normalized spacial score (nSPS) is 13.4. The van der Waals surface area contributed by atoms with Crippen LogP contribution in [0.2, 0.25) is 0 Å². The quantitative estimate of drug-likeness (QED) is 0.452. The van der Waals surface area contributed by atoms with Crippen LogP contribution in [0.25, 0.3) is 0 Å². The highest BCUT2D eigenvalue weighted by Gasteiger charge is 2.12. The van der Waals surface area contributed by atoms with Crippen LogP contribution in [0.3, 0.4) is 0 Å². The Labute approximate surface area is 80.3 Å². The SMILES string of the molecule is CC(=O)NCCN(N(C)C)S(=O)O. The summed E-state index contributed by atoms with van der Waals surface area (Å²) < 4.78 is 20.7. The van der Waals surface area contributed by atoms with Crippen molar-refractivity contribution in [3.05, 3.63) is 0 Å². The molecule has 0 fully saturated rings. The third kappa shape index (κ3) is 5.69. The van der Waals surface area contributed by atoms with Crippen LogP contribution >= 0.6 is 0 Å². The van der Waals surface area contributed by atoms with Gasteiger partial charge in [-0.15, -0.1) is 4.41 Å². The first-order valence-corrected chi connectivity index (χ1v) is 4.81. The third-order valence-corrected chi connectivity index (χ3v) is 2.17. The van der Waals surface area contributed by atoms with Crippen LogP contribution in [0.1, 0.15) is 6.92 Å². The lowest BCUT2D eigenvalue weighted by Crippen LogP contribution is -2.42. The van der Waals surface area contributed by atoms with Gasteiger partial charge in [-0.1, -0.05) is 0 Å². The number of nitrogens with one attached hydrogen (secondary N) is 1. The van der Waals surface area contributed by atoms with Crippen LogP contribution in [0.5, 0.6) is 0 Å². The molecule has 1 atom stereocenters. The summed E-state index contributed by atoms with van der Waals surface area (Å²) in [6, 6.07) is 0. The molecule has 0 aromatic rings. The summed E-state index contributed by atoms with van der Waals surface area (Å²) in [6.07, 6.45) is 0. The second-order valence-electron chi connectivity index (χ2n) is 2.64. The summed E-state index contributed by atoms with van der Waals surface area (Å²) in [5.41, 5.74) is 0. The standard InChI is InChI=1S/C6H15N3O3S/c1-6(10)7-4-5-9(8(2)3)13(11)12/h4-5H2,1-3H3,(H,7,10)(H,11,12). The molecule has 0 aliphatic carbocycles. The predicted molar refractivity (Wildman–Crippen MR) is 49.8 cm³/mol. The van der Waals surface area contributed by atoms with E-state index in [2.05, 4.69) is 5.32 Å². The van der Waals surface area contributed by atoms with Gasteiger partial charge in [0.25, 0.3) is 0 Å². The summed E-state index contributed by atoms with van der Waals surface area (Å²) >= 11 is -2.04. The van der Waals surface area contributed by atoms with Gasteiger partial charge in [0, 0.05) is 34.1 Å². The van der Waals surface area contributed by atoms with E-state index in [4.69, 9.17) is 4.55 Å². The molecule has 78 valence electrons. The predicted octanol–water partition coefficient (Wildman–Crippen LogP) is -0.962. The van der Waals surface area contributed by atoms with E-state index in [0.717, 1.165) is 0 Å². The van der Waals surface area contributed by atoms with Crippen LogP contribution in [-0.2, 0) is 16.1 Å². The minimum absolute atomic E-state index is 0.151. The molecule has 0 bridgehead atoms. The number of carbonyl (C=O) groups is 1. The topological polar surface area (TPSA) is 72.9 Å². The molecule has 0 aromatic carbocycles. The molecule has 0 aromatic heterocycles. The average Bonchev–Trinajstić information content (AvgIpc) is 1.95. The van der Waals surface area contributed by atoms with Gasteiger partial charge >= 0.3 is 0 Å². The molecule has 2 N–H and O–H groups in total. The van der Waals surface area contributed by atoms with Crippen molar-refractivity contribution in [3.63, 3.8) is 0 Å². The lowest BCUT2D eigenvalue weighted by atomic mass is 10.6. The zero-order chi connectivity index (χ0) is 10.4. The molecule has 6 nitrogen and oxygen atoms in total. The first kappa shape index (κ1) is 12.5. The minimum Gasteiger partial charge on any atom is -0.355 e. The molecular formula is C6H15N3O3S. The Bertz CT molecular complexity index is 198. The number of amides is 1. The number of rotatable bonds is 5. The van der Waals surface area contributed by atoms with Crippen molar-refractivity contribution < 1.29 is 13.6 Å². The molecule has 0 aliphatic heterocycles. The maximum absolute atomic E-state index is 10.7. The van der Waals surface area contributed by atoms with Crippen LogP contribution in [0, 0.1) is 0 Å². The van der Waals surface area contributed by atoms with Crippen molar-refractivity contribution in [1.29, 1.82) is 0 Å². The number of carbonyl (C=O) groups excluding carboxylic acids is 1. The highest BCUT2D eigenvalue weighted by atomic mass is 32.2. The van der Waals surface area contributed by atoms with E-state index >= 15 is 0 Å².